The number of esters is 1. The number of hydrogen-bond donors (Lipinski definition) is 1. The molecule has 0 unspecified atom stereocenters. The number of thioether (sulfide) groups is 1. The van der Waals surface area contributed by atoms with E-state index in [-0.39, 0.29) is 16.7 Å². The maximum absolute atomic E-state index is 11.7. The molecule has 0 aromatic heterocycles. The van der Waals surface area contributed by atoms with Gasteiger partial charge < -0.3 is 9.47 Å². The van der Waals surface area contributed by atoms with E-state index >= 15 is 0 Å². The first-order valence-corrected chi connectivity index (χ1v) is 8.33. The summed E-state index contributed by atoms with van der Waals surface area (Å²) in [5.41, 5.74) is 0.605. The van der Waals surface area contributed by atoms with Gasteiger partial charge in [-0.3, -0.25) is 10.1 Å². The Bertz CT molecular complexity index is 829. The maximum Gasteiger partial charge on any atom is 0.331 e. The third-order valence-electron chi connectivity index (χ3n) is 2.71. The Hall–Kier alpha value is -2.64. The Kier molecular flexibility index (Phi) is 6.73. The highest BCUT2D eigenvalue weighted by Gasteiger charge is 2.25. The van der Waals surface area contributed by atoms with Crippen LogP contribution in [0.5, 0.6) is 5.75 Å². The van der Waals surface area contributed by atoms with E-state index in [1.165, 1.54) is 13.3 Å². The lowest BCUT2D eigenvalue weighted by molar-refractivity contribution is -0.135. The van der Waals surface area contributed by atoms with Crippen molar-refractivity contribution < 1.29 is 19.1 Å². The molecule has 0 atom stereocenters. The van der Waals surface area contributed by atoms with Crippen molar-refractivity contribution in [1.29, 1.82) is 5.26 Å². The Balaban J connectivity index is 2.13. The molecule has 0 bridgehead atoms. The van der Waals surface area contributed by atoms with Gasteiger partial charge in [-0.25, -0.2) is 4.79 Å². The van der Waals surface area contributed by atoms with Crippen molar-refractivity contribution >= 4 is 51.0 Å². The highest BCUT2D eigenvalue weighted by Crippen LogP contribution is 2.24. The number of nitriles is 1. The Morgan fingerprint density at radius 1 is 1.52 bits per heavy atom. The second kappa shape index (κ2) is 9.00. The van der Waals surface area contributed by atoms with Gasteiger partial charge in [0, 0.05) is 16.1 Å². The molecule has 0 saturated carbocycles. The smallest absolute Gasteiger partial charge is 0.331 e. The fraction of sp³-hybridized carbons (Fsp3) is 0.133. The summed E-state index contributed by atoms with van der Waals surface area (Å²) in [6.45, 7) is -0.0927. The minimum absolute atomic E-state index is 0.0927. The molecule has 10 heteroatoms. The summed E-state index contributed by atoms with van der Waals surface area (Å²) in [6.07, 6.45) is 2.51. The van der Waals surface area contributed by atoms with Gasteiger partial charge in [0.15, 0.2) is 11.8 Å². The first-order chi connectivity index (χ1) is 12.0. The molecule has 2 rings (SSSR count). The highest BCUT2D eigenvalue weighted by molar-refractivity contribution is 9.10. The zero-order chi connectivity index (χ0) is 18.2. The van der Waals surface area contributed by atoms with E-state index in [1.807, 2.05) is 6.07 Å². The molecule has 25 heavy (non-hydrogen) atoms. The van der Waals surface area contributed by atoms with Crippen LogP contribution >= 0.6 is 27.7 Å². The minimum Gasteiger partial charge on any atom is -0.478 e. The summed E-state index contributed by atoms with van der Waals surface area (Å²) in [6, 6.07) is 7.10. The molecular formula is C15H11BrN4O4S. The molecule has 0 aliphatic carbocycles. The largest absolute Gasteiger partial charge is 0.478 e. The molecule has 1 saturated heterocycles. The normalized spacial score (nSPS) is 16.9. The lowest BCUT2D eigenvalue weighted by Gasteiger charge is -2.05. The second-order valence-corrected chi connectivity index (χ2v) is 6.31. The SMILES string of the molecule is COC(=O)/C=C1/S/C(=N\N=Cc2cc(Br)ccc2OCC#N)NC1=O. The molecule has 0 radical (unpaired) electrons. The van der Waals surface area contributed by atoms with E-state index in [0.717, 1.165) is 22.3 Å². The van der Waals surface area contributed by atoms with Crippen molar-refractivity contribution in [1.82, 2.24) is 5.32 Å². The molecule has 1 aliphatic heterocycles. The fourth-order valence-corrected chi connectivity index (χ4v) is 2.76. The number of ether oxygens (including phenoxy) is 2. The Labute approximate surface area is 155 Å². The van der Waals surface area contributed by atoms with Crippen molar-refractivity contribution in [3.63, 3.8) is 0 Å². The molecule has 1 aromatic rings. The van der Waals surface area contributed by atoms with Crippen LogP contribution in [0.3, 0.4) is 0 Å². The number of hydrogen-bond acceptors (Lipinski definition) is 8. The van der Waals surface area contributed by atoms with Crippen molar-refractivity contribution in [3.05, 3.63) is 39.2 Å². The monoisotopic (exact) mass is 422 g/mol. The molecular weight excluding hydrogens is 412 g/mol. The third kappa shape index (κ3) is 5.44. The number of amides is 1. The van der Waals surface area contributed by atoms with Crippen molar-refractivity contribution in [2.75, 3.05) is 13.7 Å². The lowest BCUT2D eigenvalue weighted by Crippen LogP contribution is -2.19. The standard InChI is InChI=1S/C15H11BrN4O4S/c1-23-13(21)7-12-14(22)19-15(25-12)20-18-8-9-6-10(16)2-3-11(9)24-5-4-17/h2-3,6-8H,5H2,1H3,(H,19,20,22)/b12-7+,18-8?. The summed E-state index contributed by atoms with van der Waals surface area (Å²) >= 11 is 4.31. The summed E-state index contributed by atoms with van der Waals surface area (Å²) in [5.74, 6) is -0.608. The van der Waals surface area contributed by atoms with Gasteiger partial charge in [0.1, 0.15) is 11.8 Å². The number of rotatable bonds is 5. The molecule has 1 amide bonds. The summed E-state index contributed by atoms with van der Waals surface area (Å²) < 4.78 is 10.6. The van der Waals surface area contributed by atoms with Gasteiger partial charge in [-0.2, -0.15) is 10.4 Å². The number of amidine groups is 1. The van der Waals surface area contributed by atoms with Crippen LogP contribution in [0, 0.1) is 11.3 Å². The number of nitrogens with one attached hydrogen (secondary N) is 1. The predicted molar refractivity (Wildman–Crippen MR) is 96.1 cm³/mol. The molecule has 128 valence electrons. The molecule has 8 nitrogen and oxygen atoms in total. The van der Waals surface area contributed by atoms with E-state index in [2.05, 4.69) is 36.2 Å². The molecule has 1 heterocycles. The van der Waals surface area contributed by atoms with Gasteiger partial charge in [0.25, 0.3) is 5.91 Å². The van der Waals surface area contributed by atoms with Gasteiger partial charge in [0.2, 0.25) is 0 Å². The summed E-state index contributed by atoms with van der Waals surface area (Å²) in [4.78, 5) is 23.0. The Morgan fingerprint density at radius 2 is 2.32 bits per heavy atom. The first kappa shape index (κ1) is 18.7. The molecule has 1 aliphatic rings. The van der Waals surface area contributed by atoms with Crippen LogP contribution in [0.25, 0.3) is 0 Å². The number of nitrogens with zero attached hydrogens (tertiary/aromatic N) is 3. The zero-order valence-electron chi connectivity index (χ0n) is 12.9. The van der Waals surface area contributed by atoms with Crippen LogP contribution in [-0.4, -0.2) is 37.0 Å². The first-order valence-electron chi connectivity index (χ1n) is 6.72. The van der Waals surface area contributed by atoms with Crippen molar-refractivity contribution in [2.45, 2.75) is 0 Å². The lowest BCUT2D eigenvalue weighted by atomic mass is 10.2. The fourth-order valence-electron chi connectivity index (χ4n) is 1.65. The van der Waals surface area contributed by atoms with Crippen LogP contribution in [-0.2, 0) is 14.3 Å². The van der Waals surface area contributed by atoms with Crippen LogP contribution in [0.1, 0.15) is 5.56 Å². The molecule has 1 fully saturated rings. The van der Waals surface area contributed by atoms with Gasteiger partial charge in [-0.1, -0.05) is 15.9 Å². The van der Waals surface area contributed by atoms with E-state index in [4.69, 9.17) is 10.00 Å². The van der Waals surface area contributed by atoms with E-state index in [1.54, 1.807) is 18.2 Å². The number of benzene rings is 1. The van der Waals surface area contributed by atoms with Crippen LogP contribution in [0.15, 0.2) is 43.9 Å². The summed E-state index contributed by atoms with van der Waals surface area (Å²) in [5, 5.41) is 19.1. The van der Waals surface area contributed by atoms with Crippen molar-refractivity contribution in [3.8, 4) is 11.8 Å². The maximum atomic E-state index is 11.7. The third-order valence-corrected chi connectivity index (χ3v) is 4.10. The highest BCUT2D eigenvalue weighted by atomic mass is 79.9. The quantitative estimate of drug-likeness (QED) is 0.335. The van der Waals surface area contributed by atoms with Crippen molar-refractivity contribution in [2.24, 2.45) is 10.2 Å². The van der Waals surface area contributed by atoms with Crippen LogP contribution < -0.4 is 10.1 Å². The number of carbonyl (C=O) groups excluding carboxylic acids is 2. The average Bonchev–Trinajstić information content (AvgIpc) is 2.93. The zero-order valence-corrected chi connectivity index (χ0v) is 15.3. The number of methoxy groups -OCH3 is 1. The molecule has 0 spiro atoms. The number of halogens is 1. The van der Waals surface area contributed by atoms with Crippen LogP contribution in [0.2, 0.25) is 0 Å². The Morgan fingerprint density at radius 3 is 3.04 bits per heavy atom. The molecule has 1 N–H and O–H groups in total. The van der Waals surface area contributed by atoms with Gasteiger partial charge in [-0.15, -0.1) is 5.10 Å². The van der Waals surface area contributed by atoms with E-state index in [9.17, 15) is 9.59 Å². The van der Waals surface area contributed by atoms with Gasteiger partial charge in [-0.05, 0) is 30.0 Å². The van der Waals surface area contributed by atoms with E-state index in [0.29, 0.717) is 11.3 Å². The average molecular weight is 423 g/mol. The summed E-state index contributed by atoms with van der Waals surface area (Å²) in [7, 11) is 1.22. The van der Waals surface area contributed by atoms with E-state index < -0.39 is 11.9 Å². The van der Waals surface area contributed by atoms with Gasteiger partial charge >= 0.3 is 5.97 Å². The predicted octanol–water partition coefficient (Wildman–Crippen LogP) is 1.96. The molecule has 1 aromatic carbocycles. The topological polar surface area (TPSA) is 113 Å². The van der Waals surface area contributed by atoms with Gasteiger partial charge in [0.05, 0.1) is 18.2 Å². The second-order valence-electron chi connectivity index (χ2n) is 4.37. The van der Waals surface area contributed by atoms with Crippen LogP contribution in [0.4, 0.5) is 0 Å². The number of carbonyl (C=O) groups is 2. The minimum atomic E-state index is -0.629.